The van der Waals surface area contributed by atoms with Crippen molar-refractivity contribution in [3.63, 3.8) is 0 Å². The van der Waals surface area contributed by atoms with Gasteiger partial charge in [-0.15, -0.1) is 0 Å². The van der Waals surface area contributed by atoms with Crippen LogP contribution in [-0.2, 0) is 11.2 Å². The van der Waals surface area contributed by atoms with Crippen molar-refractivity contribution in [2.75, 3.05) is 13.1 Å². The van der Waals surface area contributed by atoms with E-state index in [-0.39, 0.29) is 11.2 Å². The second-order valence-electron chi connectivity index (χ2n) is 5.18. The summed E-state index contributed by atoms with van der Waals surface area (Å²) in [5.74, 6) is 0.568. The van der Waals surface area contributed by atoms with Crippen molar-refractivity contribution in [1.29, 1.82) is 0 Å². The molecule has 0 radical (unpaired) electrons. The van der Waals surface area contributed by atoms with Gasteiger partial charge in [-0.25, -0.2) is 0 Å². The van der Waals surface area contributed by atoms with Crippen LogP contribution in [0.15, 0.2) is 24.3 Å². The summed E-state index contributed by atoms with van der Waals surface area (Å²) in [6, 6.07) is 6.93. The Hall–Kier alpha value is -1.35. The standard InChI is InChI=1S/C15H21NO2/c1-2-15(8-3-9-16-11-15)14(18)10-12-4-6-13(17)7-5-12/h4-7,16-17H,2-3,8-11H2,1H3. The molecule has 1 aromatic rings. The fourth-order valence-corrected chi connectivity index (χ4v) is 2.69. The highest BCUT2D eigenvalue weighted by Gasteiger charge is 2.36. The first-order valence-corrected chi connectivity index (χ1v) is 6.68. The number of aromatic hydroxyl groups is 1. The molecule has 0 aliphatic carbocycles. The van der Waals surface area contributed by atoms with Crippen LogP contribution in [0.25, 0.3) is 0 Å². The van der Waals surface area contributed by atoms with E-state index in [1.807, 2.05) is 12.1 Å². The number of carbonyl (C=O) groups excluding carboxylic acids is 1. The van der Waals surface area contributed by atoms with Crippen LogP contribution < -0.4 is 5.32 Å². The number of Topliss-reactive ketones (excluding diaryl/α,β-unsaturated/α-hetero) is 1. The molecule has 0 spiro atoms. The van der Waals surface area contributed by atoms with Crippen molar-refractivity contribution in [3.05, 3.63) is 29.8 Å². The lowest BCUT2D eigenvalue weighted by Crippen LogP contribution is -2.45. The topological polar surface area (TPSA) is 49.3 Å². The van der Waals surface area contributed by atoms with Gasteiger partial charge in [-0.3, -0.25) is 4.79 Å². The molecule has 1 aliphatic heterocycles. The molecule has 1 atom stereocenters. The van der Waals surface area contributed by atoms with Gasteiger partial charge in [-0.1, -0.05) is 19.1 Å². The van der Waals surface area contributed by atoms with Gasteiger partial charge in [0.1, 0.15) is 11.5 Å². The molecule has 2 N–H and O–H groups in total. The Bertz CT molecular complexity index is 405. The van der Waals surface area contributed by atoms with Gasteiger partial charge in [0.25, 0.3) is 0 Å². The summed E-state index contributed by atoms with van der Waals surface area (Å²) >= 11 is 0. The Kier molecular flexibility index (Phi) is 4.02. The molecule has 0 amide bonds. The van der Waals surface area contributed by atoms with Crippen LogP contribution >= 0.6 is 0 Å². The summed E-state index contributed by atoms with van der Waals surface area (Å²) in [7, 11) is 0. The Labute approximate surface area is 108 Å². The molecule has 1 aromatic carbocycles. The highest BCUT2D eigenvalue weighted by molar-refractivity contribution is 5.87. The number of benzene rings is 1. The fourth-order valence-electron chi connectivity index (χ4n) is 2.69. The van der Waals surface area contributed by atoms with Crippen molar-refractivity contribution in [3.8, 4) is 5.75 Å². The Morgan fingerprint density at radius 3 is 2.67 bits per heavy atom. The summed E-state index contributed by atoms with van der Waals surface area (Å²) in [4.78, 5) is 12.5. The predicted octanol–water partition coefficient (Wildman–Crippen LogP) is 2.28. The van der Waals surface area contributed by atoms with E-state index >= 15 is 0 Å². The number of phenols is 1. The number of phenolic OH excluding ortho intramolecular Hbond substituents is 1. The third-order valence-corrected chi connectivity index (χ3v) is 4.04. The first kappa shape index (κ1) is 13.1. The highest BCUT2D eigenvalue weighted by Crippen LogP contribution is 2.32. The number of hydrogen-bond acceptors (Lipinski definition) is 3. The van der Waals surface area contributed by atoms with E-state index in [0.29, 0.717) is 12.2 Å². The number of carbonyl (C=O) groups is 1. The molecule has 0 saturated carbocycles. The van der Waals surface area contributed by atoms with Gasteiger partial charge in [-0.2, -0.15) is 0 Å². The van der Waals surface area contributed by atoms with E-state index in [4.69, 9.17) is 0 Å². The fraction of sp³-hybridized carbons (Fsp3) is 0.533. The maximum atomic E-state index is 12.5. The predicted molar refractivity (Wildman–Crippen MR) is 71.6 cm³/mol. The molecule has 1 heterocycles. The quantitative estimate of drug-likeness (QED) is 0.858. The van der Waals surface area contributed by atoms with Crippen LogP contribution in [-0.4, -0.2) is 24.0 Å². The maximum Gasteiger partial charge on any atom is 0.144 e. The smallest absolute Gasteiger partial charge is 0.144 e. The Morgan fingerprint density at radius 1 is 1.39 bits per heavy atom. The van der Waals surface area contributed by atoms with E-state index in [1.54, 1.807) is 12.1 Å². The van der Waals surface area contributed by atoms with E-state index < -0.39 is 0 Å². The Morgan fingerprint density at radius 2 is 2.11 bits per heavy atom. The van der Waals surface area contributed by atoms with Crippen molar-refractivity contribution in [2.24, 2.45) is 5.41 Å². The third-order valence-electron chi connectivity index (χ3n) is 4.04. The van der Waals surface area contributed by atoms with Crippen LogP contribution in [0, 0.1) is 5.41 Å². The number of nitrogens with one attached hydrogen (secondary N) is 1. The summed E-state index contributed by atoms with van der Waals surface area (Å²) in [6.45, 7) is 3.93. The second kappa shape index (κ2) is 5.53. The molecule has 98 valence electrons. The van der Waals surface area contributed by atoms with Gasteiger partial charge < -0.3 is 10.4 Å². The zero-order valence-electron chi connectivity index (χ0n) is 10.9. The molecule has 18 heavy (non-hydrogen) atoms. The molecule has 3 nitrogen and oxygen atoms in total. The largest absolute Gasteiger partial charge is 0.508 e. The zero-order valence-corrected chi connectivity index (χ0v) is 10.9. The van der Waals surface area contributed by atoms with Crippen LogP contribution in [0.2, 0.25) is 0 Å². The average Bonchev–Trinajstić information content (AvgIpc) is 2.42. The lowest BCUT2D eigenvalue weighted by Gasteiger charge is -2.35. The van der Waals surface area contributed by atoms with Gasteiger partial charge in [0, 0.05) is 18.4 Å². The molecule has 1 saturated heterocycles. The molecule has 1 aliphatic rings. The van der Waals surface area contributed by atoms with E-state index in [1.165, 1.54) is 0 Å². The van der Waals surface area contributed by atoms with Crippen molar-refractivity contribution >= 4 is 5.78 Å². The molecule has 0 bridgehead atoms. The number of ketones is 1. The minimum absolute atomic E-state index is 0.184. The summed E-state index contributed by atoms with van der Waals surface area (Å²) in [5.41, 5.74) is 0.798. The van der Waals surface area contributed by atoms with Crippen LogP contribution in [0.1, 0.15) is 31.7 Å². The number of hydrogen-bond donors (Lipinski definition) is 2. The summed E-state index contributed by atoms with van der Waals surface area (Å²) in [5, 5.41) is 12.6. The van der Waals surface area contributed by atoms with Gasteiger partial charge >= 0.3 is 0 Å². The lowest BCUT2D eigenvalue weighted by molar-refractivity contribution is -0.129. The van der Waals surface area contributed by atoms with Crippen LogP contribution in [0.5, 0.6) is 5.75 Å². The molecular weight excluding hydrogens is 226 g/mol. The van der Waals surface area contributed by atoms with E-state index in [0.717, 1.165) is 37.9 Å². The molecule has 2 rings (SSSR count). The number of rotatable bonds is 4. The first-order valence-electron chi connectivity index (χ1n) is 6.68. The summed E-state index contributed by atoms with van der Waals surface area (Å²) in [6.07, 6.45) is 3.44. The Balaban J connectivity index is 2.07. The normalized spacial score (nSPS) is 23.8. The summed E-state index contributed by atoms with van der Waals surface area (Å²) < 4.78 is 0. The monoisotopic (exact) mass is 247 g/mol. The van der Waals surface area contributed by atoms with Crippen LogP contribution in [0.4, 0.5) is 0 Å². The second-order valence-corrected chi connectivity index (χ2v) is 5.18. The maximum absolute atomic E-state index is 12.5. The van der Waals surface area contributed by atoms with E-state index in [2.05, 4.69) is 12.2 Å². The molecule has 1 unspecified atom stereocenters. The van der Waals surface area contributed by atoms with Gasteiger partial charge in [0.15, 0.2) is 0 Å². The van der Waals surface area contributed by atoms with Crippen LogP contribution in [0.3, 0.4) is 0 Å². The minimum Gasteiger partial charge on any atom is -0.508 e. The van der Waals surface area contributed by atoms with Gasteiger partial charge in [0.2, 0.25) is 0 Å². The lowest BCUT2D eigenvalue weighted by atomic mass is 9.73. The van der Waals surface area contributed by atoms with E-state index in [9.17, 15) is 9.90 Å². The SMILES string of the molecule is CCC1(C(=O)Cc2ccc(O)cc2)CCCNC1. The minimum atomic E-state index is -0.184. The first-order chi connectivity index (χ1) is 8.66. The van der Waals surface area contributed by atoms with Gasteiger partial charge in [0.05, 0.1) is 0 Å². The zero-order chi connectivity index (χ0) is 13.0. The average molecular weight is 247 g/mol. The third kappa shape index (κ3) is 2.72. The van der Waals surface area contributed by atoms with Crippen molar-refractivity contribution in [2.45, 2.75) is 32.6 Å². The van der Waals surface area contributed by atoms with Crippen molar-refractivity contribution < 1.29 is 9.90 Å². The molecular formula is C15H21NO2. The van der Waals surface area contributed by atoms with Crippen molar-refractivity contribution in [1.82, 2.24) is 5.32 Å². The molecule has 3 heteroatoms. The number of piperidine rings is 1. The highest BCUT2D eigenvalue weighted by atomic mass is 16.3. The van der Waals surface area contributed by atoms with Gasteiger partial charge in [-0.05, 0) is 43.5 Å². The molecule has 1 fully saturated rings. The molecule has 0 aromatic heterocycles.